The zero-order valence-electron chi connectivity index (χ0n) is 7.85. The molecule has 16 heavy (non-hydrogen) atoms. The van der Waals surface area contributed by atoms with Crippen molar-refractivity contribution in [2.24, 2.45) is 0 Å². The van der Waals surface area contributed by atoms with Crippen LogP contribution in [0.5, 0.6) is 0 Å². The van der Waals surface area contributed by atoms with Crippen molar-refractivity contribution in [1.82, 2.24) is 15.0 Å². The molecule has 2 N–H and O–H groups in total. The average molecular weight is 256 g/mol. The zero-order chi connectivity index (χ0) is 11.5. The number of carboxylic acids is 1. The monoisotopic (exact) mass is 255 g/mol. The van der Waals surface area contributed by atoms with Crippen LogP contribution in [0.25, 0.3) is 0 Å². The minimum Gasteiger partial charge on any atom is -0.478 e. The van der Waals surface area contributed by atoms with E-state index in [1.54, 1.807) is 12.4 Å². The van der Waals surface area contributed by atoms with E-state index >= 15 is 0 Å². The van der Waals surface area contributed by atoms with E-state index in [1.165, 1.54) is 24.0 Å². The van der Waals surface area contributed by atoms with Crippen LogP contribution in [0, 0.1) is 0 Å². The number of pyridine rings is 1. The van der Waals surface area contributed by atoms with Crippen LogP contribution in [-0.2, 0) is 0 Å². The van der Waals surface area contributed by atoms with Gasteiger partial charge in [0.15, 0.2) is 5.16 Å². The van der Waals surface area contributed by atoms with E-state index in [2.05, 4.69) is 15.0 Å². The van der Waals surface area contributed by atoms with E-state index in [0.29, 0.717) is 15.2 Å². The molecule has 0 amide bonds. The zero-order valence-corrected chi connectivity index (χ0v) is 9.42. The second kappa shape index (κ2) is 4.54. The molecule has 2 heterocycles. The third kappa shape index (κ3) is 2.34. The van der Waals surface area contributed by atoms with Gasteiger partial charge in [-0.15, -0.1) is 0 Å². The second-order valence-corrected chi connectivity index (χ2v) is 4.20. The molecule has 7 heteroatoms. The molecule has 0 aliphatic heterocycles. The second-order valence-electron chi connectivity index (χ2n) is 2.81. The Hall–Kier alpha value is -1.53. The maximum atomic E-state index is 10.7. The molecule has 0 unspecified atom stereocenters. The molecule has 0 saturated carbocycles. The number of rotatable bonds is 3. The molecule has 2 aromatic rings. The molecule has 0 fully saturated rings. The lowest BCUT2D eigenvalue weighted by atomic mass is 10.3. The number of carbonyl (C=O) groups is 1. The van der Waals surface area contributed by atoms with Crippen molar-refractivity contribution in [3.05, 3.63) is 35.2 Å². The van der Waals surface area contributed by atoms with Crippen molar-refractivity contribution in [3.63, 3.8) is 0 Å². The van der Waals surface area contributed by atoms with Gasteiger partial charge in [-0.25, -0.2) is 14.8 Å². The smallest absolute Gasteiger partial charge is 0.337 e. The quantitative estimate of drug-likeness (QED) is 0.880. The number of hydrogen-bond acceptors (Lipinski definition) is 4. The minimum atomic E-state index is -1.05. The summed E-state index contributed by atoms with van der Waals surface area (Å²) in [5.74, 6) is -1.05. The van der Waals surface area contributed by atoms with Gasteiger partial charge < -0.3 is 10.1 Å². The number of H-pyrrole nitrogens is 1. The van der Waals surface area contributed by atoms with Crippen molar-refractivity contribution in [2.75, 3.05) is 0 Å². The highest BCUT2D eigenvalue weighted by Crippen LogP contribution is 2.29. The van der Waals surface area contributed by atoms with Gasteiger partial charge in [-0.1, -0.05) is 11.6 Å². The Morgan fingerprint density at radius 3 is 2.88 bits per heavy atom. The van der Waals surface area contributed by atoms with Crippen LogP contribution in [0.3, 0.4) is 0 Å². The third-order valence-corrected chi connectivity index (χ3v) is 3.06. The molecule has 0 bridgehead atoms. The highest BCUT2D eigenvalue weighted by Gasteiger charge is 2.10. The molecule has 5 nitrogen and oxygen atoms in total. The number of imidazole rings is 1. The number of nitrogens with one attached hydrogen (secondary N) is 1. The summed E-state index contributed by atoms with van der Waals surface area (Å²) in [6.07, 6.45) is 4.56. The first-order valence-electron chi connectivity index (χ1n) is 4.23. The van der Waals surface area contributed by atoms with Crippen molar-refractivity contribution in [2.45, 2.75) is 10.2 Å². The number of carboxylic acid groups (broad SMARTS) is 1. The van der Waals surface area contributed by atoms with Crippen molar-refractivity contribution >= 4 is 29.3 Å². The van der Waals surface area contributed by atoms with Crippen molar-refractivity contribution in [3.8, 4) is 0 Å². The lowest BCUT2D eigenvalue weighted by molar-refractivity contribution is 0.0696. The lowest BCUT2D eigenvalue weighted by Crippen LogP contribution is -1.97. The van der Waals surface area contributed by atoms with E-state index in [1.807, 2.05) is 0 Å². The van der Waals surface area contributed by atoms with Gasteiger partial charge >= 0.3 is 5.97 Å². The summed E-state index contributed by atoms with van der Waals surface area (Å²) in [5.41, 5.74) is 0.0637. The maximum Gasteiger partial charge on any atom is 0.337 e. The van der Waals surface area contributed by atoms with Gasteiger partial charge in [0.1, 0.15) is 5.03 Å². The topological polar surface area (TPSA) is 78.9 Å². The highest BCUT2D eigenvalue weighted by atomic mass is 35.5. The van der Waals surface area contributed by atoms with Gasteiger partial charge in [0.2, 0.25) is 0 Å². The summed E-state index contributed by atoms with van der Waals surface area (Å²) in [6, 6.07) is 1.36. The summed E-state index contributed by atoms with van der Waals surface area (Å²) in [5, 5.41) is 10.2. The number of aromatic amines is 1. The number of nitrogens with zero attached hydrogens (tertiary/aromatic N) is 2. The fourth-order valence-electron chi connectivity index (χ4n) is 1.02. The summed E-state index contributed by atoms with van der Waals surface area (Å²) in [7, 11) is 0. The first kappa shape index (κ1) is 11.0. The largest absolute Gasteiger partial charge is 0.478 e. The van der Waals surface area contributed by atoms with Crippen molar-refractivity contribution in [1.29, 1.82) is 0 Å². The van der Waals surface area contributed by atoms with E-state index in [9.17, 15) is 4.79 Å². The maximum absolute atomic E-state index is 10.7. The summed E-state index contributed by atoms with van der Waals surface area (Å²) in [4.78, 5) is 21.5. The van der Waals surface area contributed by atoms with Crippen LogP contribution in [0.15, 0.2) is 34.8 Å². The summed E-state index contributed by atoms with van der Waals surface area (Å²) >= 11 is 7.14. The molecular formula is C9H6ClN3O2S. The van der Waals surface area contributed by atoms with Gasteiger partial charge in [-0.3, -0.25) is 0 Å². The molecule has 0 radical (unpaired) electrons. The highest BCUT2D eigenvalue weighted by molar-refractivity contribution is 7.99. The predicted molar refractivity (Wildman–Crippen MR) is 58.9 cm³/mol. The van der Waals surface area contributed by atoms with Crippen LogP contribution in [0.4, 0.5) is 0 Å². The number of aromatic nitrogens is 3. The Morgan fingerprint density at radius 1 is 1.50 bits per heavy atom. The molecule has 0 aromatic carbocycles. The lowest BCUT2D eigenvalue weighted by Gasteiger charge is -2.01. The Bertz CT molecular complexity index is 515. The van der Waals surface area contributed by atoms with E-state index < -0.39 is 5.97 Å². The first-order chi connectivity index (χ1) is 7.66. The standard InChI is InChI=1S/C9H6ClN3O2S/c10-6-3-5(8(14)15)4-13-7(6)16-9-11-1-2-12-9/h1-4H,(H,11,12)(H,14,15). The molecule has 0 atom stereocenters. The van der Waals surface area contributed by atoms with Gasteiger partial charge in [0, 0.05) is 18.6 Å². The number of hydrogen-bond donors (Lipinski definition) is 2. The first-order valence-corrected chi connectivity index (χ1v) is 5.42. The van der Waals surface area contributed by atoms with Gasteiger partial charge in [-0.05, 0) is 17.8 Å². The van der Waals surface area contributed by atoms with Crippen LogP contribution in [0.1, 0.15) is 10.4 Å². The number of halogens is 1. The average Bonchev–Trinajstić information content (AvgIpc) is 2.73. The third-order valence-electron chi connectivity index (χ3n) is 1.72. The Labute approximate surface area is 99.9 Å². The predicted octanol–water partition coefficient (Wildman–Crippen LogP) is 2.31. The van der Waals surface area contributed by atoms with Gasteiger partial charge in [-0.2, -0.15) is 0 Å². The van der Waals surface area contributed by atoms with E-state index in [4.69, 9.17) is 16.7 Å². The number of aromatic carboxylic acids is 1. The Morgan fingerprint density at radius 2 is 2.31 bits per heavy atom. The molecule has 0 aliphatic carbocycles. The van der Waals surface area contributed by atoms with Crippen LogP contribution in [0.2, 0.25) is 5.02 Å². The Balaban J connectivity index is 2.26. The molecule has 0 spiro atoms. The summed E-state index contributed by atoms with van der Waals surface area (Å²) in [6.45, 7) is 0. The normalized spacial score (nSPS) is 10.3. The van der Waals surface area contributed by atoms with Crippen LogP contribution in [-0.4, -0.2) is 26.0 Å². The van der Waals surface area contributed by atoms with Gasteiger partial charge in [0.25, 0.3) is 0 Å². The van der Waals surface area contributed by atoms with Crippen LogP contribution < -0.4 is 0 Å². The van der Waals surface area contributed by atoms with Gasteiger partial charge in [0.05, 0.1) is 10.6 Å². The molecule has 0 aliphatic rings. The summed E-state index contributed by atoms with van der Waals surface area (Å²) < 4.78 is 0. The van der Waals surface area contributed by atoms with E-state index in [-0.39, 0.29) is 5.56 Å². The molecule has 2 rings (SSSR count). The SMILES string of the molecule is O=C(O)c1cnc(Sc2ncc[nH]2)c(Cl)c1. The molecular weight excluding hydrogens is 250 g/mol. The molecule has 0 saturated heterocycles. The van der Waals surface area contributed by atoms with E-state index in [0.717, 1.165) is 0 Å². The van der Waals surface area contributed by atoms with Crippen LogP contribution >= 0.6 is 23.4 Å². The fraction of sp³-hybridized carbons (Fsp3) is 0. The fourth-order valence-corrected chi connectivity index (χ4v) is 1.98. The van der Waals surface area contributed by atoms with Crippen molar-refractivity contribution < 1.29 is 9.90 Å². The molecule has 82 valence electrons. The molecule has 2 aromatic heterocycles. The minimum absolute atomic E-state index is 0.0637. The Kier molecular flexibility index (Phi) is 3.12.